The largest absolute Gasteiger partial charge is 0.383 e. The van der Waals surface area contributed by atoms with Crippen molar-refractivity contribution < 1.29 is 9.53 Å². The number of carbonyl (C=O) groups excluding carboxylic acids is 1. The number of hydrogen-bond acceptors (Lipinski definition) is 7. The molecule has 0 aliphatic carbocycles. The predicted octanol–water partition coefficient (Wildman–Crippen LogP) is 2.25. The van der Waals surface area contributed by atoms with Gasteiger partial charge in [0.1, 0.15) is 5.82 Å². The van der Waals surface area contributed by atoms with Gasteiger partial charge in [0.15, 0.2) is 0 Å². The SMILES string of the molecule is COC[C@@H](C)NC(=O)CN1CCC(c2cc(Nc3cnccn3)cc(C)n2)CC1. The van der Waals surface area contributed by atoms with E-state index in [0.717, 1.165) is 43.0 Å². The lowest BCUT2D eigenvalue weighted by Gasteiger charge is -2.31. The Bertz CT molecular complexity index is 793. The summed E-state index contributed by atoms with van der Waals surface area (Å²) in [5.41, 5.74) is 3.04. The molecule has 3 heterocycles. The van der Waals surface area contributed by atoms with Gasteiger partial charge in [-0.3, -0.25) is 19.7 Å². The number of likely N-dealkylation sites (tertiary alicyclic amines) is 1. The lowest BCUT2D eigenvalue weighted by Crippen LogP contribution is -2.44. The summed E-state index contributed by atoms with van der Waals surface area (Å²) in [5.74, 6) is 1.16. The summed E-state index contributed by atoms with van der Waals surface area (Å²) >= 11 is 0. The highest BCUT2D eigenvalue weighted by Crippen LogP contribution is 2.29. The molecule has 0 bridgehead atoms. The third-order valence-electron chi connectivity index (χ3n) is 5.01. The Morgan fingerprint density at radius 3 is 2.79 bits per heavy atom. The van der Waals surface area contributed by atoms with Gasteiger partial charge in [0.2, 0.25) is 5.91 Å². The number of aromatic nitrogens is 3. The first-order valence-corrected chi connectivity index (χ1v) is 10.1. The Balaban J connectivity index is 1.54. The van der Waals surface area contributed by atoms with Crippen LogP contribution in [0.4, 0.5) is 11.5 Å². The van der Waals surface area contributed by atoms with E-state index in [4.69, 9.17) is 9.72 Å². The van der Waals surface area contributed by atoms with Gasteiger partial charge < -0.3 is 15.4 Å². The quantitative estimate of drug-likeness (QED) is 0.704. The van der Waals surface area contributed by atoms with Crippen LogP contribution in [0.3, 0.4) is 0 Å². The molecule has 29 heavy (non-hydrogen) atoms. The minimum Gasteiger partial charge on any atom is -0.383 e. The van der Waals surface area contributed by atoms with E-state index in [0.29, 0.717) is 24.9 Å². The molecule has 1 aliphatic rings. The molecule has 156 valence electrons. The standard InChI is InChI=1S/C21H30N6O2/c1-15-10-18(26-20-12-22-6-7-23-20)11-19(24-15)17-4-8-27(9-5-17)13-21(28)25-16(2)14-29-3/h6-7,10-12,16-17H,4-5,8-9,13-14H2,1-3H3,(H,25,28)(H,23,24,26)/t16-/m1/s1. The lowest BCUT2D eigenvalue weighted by atomic mass is 9.92. The highest BCUT2D eigenvalue weighted by molar-refractivity contribution is 5.78. The number of anilines is 2. The molecule has 0 aromatic carbocycles. The van der Waals surface area contributed by atoms with E-state index in [9.17, 15) is 4.79 Å². The topological polar surface area (TPSA) is 92.3 Å². The van der Waals surface area contributed by atoms with Gasteiger partial charge in [0.25, 0.3) is 0 Å². The van der Waals surface area contributed by atoms with E-state index in [1.54, 1.807) is 25.7 Å². The smallest absolute Gasteiger partial charge is 0.234 e. The van der Waals surface area contributed by atoms with Gasteiger partial charge in [0, 0.05) is 48.5 Å². The van der Waals surface area contributed by atoms with Crippen molar-refractivity contribution in [3.8, 4) is 0 Å². The summed E-state index contributed by atoms with van der Waals surface area (Å²) in [7, 11) is 1.64. The van der Waals surface area contributed by atoms with E-state index < -0.39 is 0 Å². The van der Waals surface area contributed by atoms with Gasteiger partial charge in [-0.2, -0.15) is 0 Å². The molecule has 2 aromatic heterocycles. The van der Waals surface area contributed by atoms with Crippen LogP contribution in [0.5, 0.6) is 0 Å². The van der Waals surface area contributed by atoms with Crippen LogP contribution >= 0.6 is 0 Å². The Labute approximate surface area is 172 Å². The molecule has 0 radical (unpaired) electrons. The van der Waals surface area contributed by atoms with E-state index in [-0.39, 0.29) is 11.9 Å². The summed E-state index contributed by atoms with van der Waals surface area (Å²) in [4.78, 5) is 27.5. The molecule has 1 amide bonds. The average molecular weight is 399 g/mol. The first-order chi connectivity index (χ1) is 14.0. The Morgan fingerprint density at radius 2 is 2.10 bits per heavy atom. The minimum absolute atomic E-state index is 0.0294. The number of hydrogen-bond donors (Lipinski definition) is 2. The number of nitrogens with one attached hydrogen (secondary N) is 2. The van der Waals surface area contributed by atoms with Crippen LogP contribution in [0.15, 0.2) is 30.7 Å². The second-order valence-corrected chi connectivity index (χ2v) is 7.61. The van der Waals surface area contributed by atoms with Gasteiger partial charge in [-0.05, 0) is 51.9 Å². The molecule has 1 aliphatic heterocycles. The molecule has 1 atom stereocenters. The van der Waals surface area contributed by atoms with Crippen LogP contribution in [0.1, 0.15) is 37.1 Å². The van der Waals surface area contributed by atoms with Crippen molar-refractivity contribution in [1.29, 1.82) is 0 Å². The zero-order chi connectivity index (χ0) is 20.6. The third-order valence-corrected chi connectivity index (χ3v) is 5.01. The third kappa shape index (κ3) is 6.47. The van der Waals surface area contributed by atoms with Crippen LogP contribution in [-0.4, -0.2) is 65.2 Å². The van der Waals surface area contributed by atoms with Crippen molar-refractivity contribution in [2.45, 2.75) is 38.6 Å². The zero-order valence-electron chi connectivity index (χ0n) is 17.4. The first-order valence-electron chi connectivity index (χ1n) is 10.1. The van der Waals surface area contributed by atoms with Gasteiger partial charge in [-0.15, -0.1) is 0 Å². The van der Waals surface area contributed by atoms with Gasteiger partial charge >= 0.3 is 0 Å². The fourth-order valence-corrected chi connectivity index (χ4v) is 3.69. The second-order valence-electron chi connectivity index (χ2n) is 7.61. The van der Waals surface area contributed by atoms with Crippen LogP contribution < -0.4 is 10.6 Å². The zero-order valence-corrected chi connectivity index (χ0v) is 17.4. The lowest BCUT2D eigenvalue weighted by molar-refractivity contribution is -0.123. The van der Waals surface area contributed by atoms with Gasteiger partial charge in [0.05, 0.1) is 19.3 Å². The normalized spacial score (nSPS) is 16.4. The molecule has 2 aromatic rings. The molecule has 8 heteroatoms. The van der Waals surface area contributed by atoms with Crippen LogP contribution in [0, 0.1) is 6.92 Å². The molecule has 3 rings (SSSR count). The fraction of sp³-hybridized carbons (Fsp3) is 0.524. The molecule has 0 spiro atoms. The van der Waals surface area contributed by atoms with Crippen molar-refractivity contribution in [1.82, 2.24) is 25.2 Å². The molecule has 8 nitrogen and oxygen atoms in total. The number of rotatable bonds is 8. The van der Waals surface area contributed by atoms with E-state index in [2.05, 4.69) is 31.6 Å². The molecule has 0 saturated carbocycles. The number of aryl methyl sites for hydroxylation is 1. The molecule has 1 saturated heterocycles. The van der Waals surface area contributed by atoms with Crippen LogP contribution in [0.25, 0.3) is 0 Å². The summed E-state index contributed by atoms with van der Waals surface area (Å²) in [6, 6.07) is 4.14. The first kappa shape index (κ1) is 21.1. The average Bonchev–Trinajstić information content (AvgIpc) is 2.69. The molecule has 2 N–H and O–H groups in total. The van der Waals surface area contributed by atoms with Crippen molar-refractivity contribution in [2.24, 2.45) is 0 Å². The van der Waals surface area contributed by atoms with Crippen LogP contribution in [-0.2, 0) is 9.53 Å². The minimum atomic E-state index is 0.0294. The van der Waals surface area contributed by atoms with Gasteiger partial charge in [-0.1, -0.05) is 0 Å². The predicted molar refractivity (Wildman–Crippen MR) is 112 cm³/mol. The Kier molecular flexibility index (Phi) is 7.48. The van der Waals surface area contributed by atoms with E-state index >= 15 is 0 Å². The summed E-state index contributed by atoms with van der Waals surface area (Å²) < 4.78 is 5.07. The van der Waals surface area contributed by atoms with Crippen molar-refractivity contribution in [3.63, 3.8) is 0 Å². The van der Waals surface area contributed by atoms with Crippen LogP contribution in [0.2, 0.25) is 0 Å². The summed E-state index contributed by atoms with van der Waals surface area (Å²) in [6.45, 7) is 6.69. The highest BCUT2D eigenvalue weighted by atomic mass is 16.5. The van der Waals surface area contributed by atoms with E-state index in [1.165, 1.54) is 0 Å². The summed E-state index contributed by atoms with van der Waals surface area (Å²) in [6.07, 6.45) is 7.00. The number of nitrogens with zero attached hydrogens (tertiary/aromatic N) is 4. The molecular formula is C21H30N6O2. The van der Waals surface area contributed by atoms with E-state index in [1.807, 2.05) is 19.9 Å². The number of methoxy groups -OCH3 is 1. The number of ether oxygens (including phenoxy) is 1. The summed E-state index contributed by atoms with van der Waals surface area (Å²) in [5, 5.41) is 6.27. The second kappa shape index (κ2) is 10.3. The highest BCUT2D eigenvalue weighted by Gasteiger charge is 2.23. The Hall–Kier alpha value is -2.58. The molecule has 0 unspecified atom stereocenters. The molecule has 1 fully saturated rings. The maximum absolute atomic E-state index is 12.2. The Morgan fingerprint density at radius 1 is 1.31 bits per heavy atom. The number of carbonyl (C=O) groups is 1. The van der Waals surface area contributed by atoms with Crippen molar-refractivity contribution >= 4 is 17.4 Å². The van der Waals surface area contributed by atoms with Crippen molar-refractivity contribution in [3.05, 3.63) is 42.1 Å². The van der Waals surface area contributed by atoms with Gasteiger partial charge in [-0.25, -0.2) is 4.98 Å². The maximum Gasteiger partial charge on any atom is 0.234 e. The maximum atomic E-state index is 12.2. The van der Waals surface area contributed by atoms with Crippen molar-refractivity contribution in [2.75, 3.05) is 38.7 Å². The number of pyridine rings is 1. The molecular weight excluding hydrogens is 368 g/mol. The monoisotopic (exact) mass is 398 g/mol. The fourth-order valence-electron chi connectivity index (χ4n) is 3.69. The number of amides is 1. The number of piperidine rings is 1.